The zero-order valence-corrected chi connectivity index (χ0v) is 12.9. The van der Waals surface area contributed by atoms with Crippen LogP contribution in [0.2, 0.25) is 0 Å². The summed E-state index contributed by atoms with van der Waals surface area (Å²) in [6.45, 7) is 2.92. The largest absolute Gasteiger partial charge is 0.356 e. The molecule has 1 atom stereocenters. The van der Waals surface area contributed by atoms with Gasteiger partial charge in [0.15, 0.2) is 0 Å². The maximum absolute atomic E-state index is 12.7. The number of hydrogen-bond acceptors (Lipinski definition) is 4. The second-order valence-corrected chi connectivity index (χ2v) is 6.21. The van der Waals surface area contributed by atoms with Gasteiger partial charge in [-0.1, -0.05) is 0 Å². The highest BCUT2D eigenvalue weighted by atomic mass is 16.2. The van der Waals surface area contributed by atoms with Crippen LogP contribution in [0.25, 0.3) is 0 Å². The normalized spacial score (nSPS) is 26.6. The third kappa shape index (κ3) is 2.83. The Bertz CT molecular complexity index is 563. The molecule has 3 rings (SSSR count). The number of amides is 2. The molecule has 1 aromatic rings. The van der Waals surface area contributed by atoms with Crippen LogP contribution in [-0.2, 0) is 4.79 Å². The Balaban J connectivity index is 1.78. The summed E-state index contributed by atoms with van der Waals surface area (Å²) < 4.78 is 0. The lowest BCUT2D eigenvalue weighted by Crippen LogP contribution is -2.62. The first-order chi connectivity index (χ1) is 10.6. The molecule has 2 fully saturated rings. The average molecular weight is 302 g/mol. The fourth-order valence-corrected chi connectivity index (χ4v) is 3.45. The summed E-state index contributed by atoms with van der Waals surface area (Å²) in [5, 5.41) is 2.94. The molecule has 1 N–H and O–H groups in total. The molecular weight excluding hydrogens is 280 g/mol. The summed E-state index contributed by atoms with van der Waals surface area (Å²) in [5.74, 6) is 0.168. The smallest absolute Gasteiger partial charge is 0.254 e. The van der Waals surface area contributed by atoms with Crippen molar-refractivity contribution in [3.05, 3.63) is 30.1 Å². The molecule has 0 aromatic carbocycles. The molecule has 22 heavy (non-hydrogen) atoms. The van der Waals surface area contributed by atoms with Crippen LogP contribution in [0.1, 0.15) is 29.6 Å². The molecule has 6 heteroatoms. The van der Waals surface area contributed by atoms with Gasteiger partial charge in [0, 0.05) is 56.1 Å². The molecule has 0 unspecified atom stereocenters. The first kappa shape index (κ1) is 15.0. The predicted molar refractivity (Wildman–Crippen MR) is 82.4 cm³/mol. The molecule has 1 spiro atoms. The number of rotatable bonds is 1. The number of piperazine rings is 1. The minimum Gasteiger partial charge on any atom is -0.356 e. The van der Waals surface area contributed by atoms with Gasteiger partial charge in [-0.25, -0.2) is 0 Å². The highest BCUT2D eigenvalue weighted by Gasteiger charge is 2.42. The number of hydrogen-bond donors (Lipinski definition) is 1. The molecule has 2 aliphatic heterocycles. The van der Waals surface area contributed by atoms with Crippen LogP contribution in [-0.4, -0.2) is 65.4 Å². The minimum atomic E-state index is -0.0971. The molecular formula is C16H22N4O2. The van der Waals surface area contributed by atoms with Gasteiger partial charge >= 0.3 is 0 Å². The quantitative estimate of drug-likeness (QED) is 0.821. The molecule has 2 saturated heterocycles. The van der Waals surface area contributed by atoms with E-state index in [1.54, 1.807) is 24.5 Å². The summed E-state index contributed by atoms with van der Waals surface area (Å²) >= 11 is 0. The van der Waals surface area contributed by atoms with Crippen molar-refractivity contribution in [3.8, 4) is 0 Å². The van der Waals surface area contributed by atoms with Crippen molar-refractivity contribution in [1.29, 1.82) is 0 Å². The van der Waals surface area contributed by atoms with E-state index >= 15 is 0 Å². The van der Waals surface area contributed by atoms with Crippen molar-refractivity contribution >= 4 is 11.8 Å². The van der Waals surface area contributed by atoms with E-state index in [1.165, 1.54) is 0 Å². The zero-order chi connectivity index (χ0) is 15.6. The lowest BCUT2D eigenvalue weighted by atomic mass is 9.86. The van der Waals surface area contributed by atoms with Crippen LogP contribution < -0.4 is 5.32 Å². The first-order valence-electron chi connectivity index (χ1n) is 7.78. The summed E-state index contributed by atoms with van der Waals surface area (Å²) in [4.78, 5) is 32.5. The van der Waals surface area contributed by atoms with Crippen LogP contribution in [0.3, 0.4) is 0 Å². The molecule has 3 heterocycles. The number of carbonyl (C=O) groups excluding carboxylic acids is 2. The summed E-state index contributed by atoms with van der Waals surface area (Å²) in [5.41, 5.74) is 0.581. The zero-order valence-electron chi connectivity index (χ0n) is 12.9. The van der Waals surface area contributed by atoms with Crippen molar-refractivity contribution in [2.45, 2.75) is 24.8 Å². The van der Waals surface area contributed by atoms with Gasteiger partial charge in [-0.05, 0) is 32.0 Å². The fourth-order valence-electron chi connectivity index (χ4n) is 3.45. The van der Waals surface area contributed by atoms with Crippen molar-refractivity contribution in [1.82, 2.24) is 20.1 Å². The van der Waals surface area contributed by atoms with E-state index in [0.717, 1.165) is 25.9 Å². The molecule has 1 aromatic heterocycles. The van der Waals surface area contributed by atoms with Crippen molar-refractivity contribution in [2.75, 3.05) is 33.2 Å². The van der Waals surface area contributed by atoms with Crippen molar-refractivity contribution in [2.24, 2.45) is 0 Å². The van der Waals surface area contributed by atoms with E-state index in [-0.39, 0.29) is 17.4 Å². The van der Waals surface area contributed by atoms with Gasteiger partial charge < -0.3 is 10.2 Å². The maximum atomic E-state index is 12.7. The summed E-state index contributed by atoms with van der Waals surface area (Å²) in [6.07, 6.45) is 5.51. The third-order valence-corrected chi connectivity index (χ3v) is 4.94. The molecule has 2 aliphatic rings. The second kappa shape index (κ2) is 6.04. The van der Waals surface area contributed by atoms with Gasteiger partial charge in [0.05, 0.1) is 0 Å². The molecule has 6 nitrogen and oxygen atoms in total. The van der Waals surface area contributed by atoms with Gasteiger partial charge in [-0.3, -0.25) is 19.5 Å². The van der Waals surface area contributed by atoms with Crippen molar-refractivity contribution in [3.63, 3.8) is 0 Å². The van der Waals surface area contributed by atoms with E-state index in [9.17, 15) is 9.59 Å². The van der Waals surface area contributed by atoms with Gasteiger partial charge in [0.25, 0.3) is 5.91 Å². The predicted octanol–water partition coefficient (Wildman–Crippen LogP) is 0.508. The topological polar surface area (TPSA) is 65.5 Å². The SMILES string of the molecule is CN1CCN(C(=O)c2ccncc2)C[C@]12CCNC(=O)CC2. The maximum Gasteiger partial charge on any atom is 0.254 e. The fraction of sp³-hybridized carbons (Fsp3) is 0.562. The molecule has 0 saturated carbocycles. The molecule has 0 bridgehead atoms. The Morgan fingerprint density at radius 3 is 2.82 bits per heavy atom. The Kier molecular flexibility index (Phi) is 4.11. The Morgan fingerprint density at radius 1 is 1.27 bits per heavy atom. The molecule has 2 amide bonds. The summed E-state index contributed by atoms with van der Waals surface area (Å²) in [6, 6.07) is 3.51. The van der Waals surface area contributed by atoms with Crippen LogP contribution in [0, 0.1) is 0 Å². The highest BCUT2D eigenvalue weighted by molar-refractivity contribution is 5.94. The van der Waals surface area contributed by atoms with Gasteiger partial charge in [0.1, 0.15) is 0 Å². The number of likely N-dealkylation sites (N-methyl/N-ethyl adjacent to an activating group) is 1. The highest BCUT2D eigenvalue weighted by Crippen LogP contribution is 2.30. The second-order valence-electron chi connectivity index (χ2n) is 6.21. The molecule has 118 valence electrons. The number of nitrogens with one attached hydrogen (secondary N) is 1. The van der Waals surface area contributed by atoms with Crippen LogP contribution in [0.5, 0.6) is 0 Å². The van der Waals surface area contributed by atoms with Crippen molar-refractivity contribution < 1.29 is 9.59 Å². The molecule has 0 aliphatic carbocycles. The average Bonchev–Trinajstić information content (AvgIpc) is 2.73. The van der Waals surface area contributed by atoms with Crippen LogP contribution in [0.4, 0.5) is 0 Å². The van der Waals surface area contributed by atoms with Crippen LogP contribution >= 0.6 is 0 Å². The minimum absolute atomic E-state index is 0.0541. The summed E-state index contributed by atoms with van der Waals surface area (Å²) in [7, 11) is 2.10. The van der Waals surface area contributed by atoms with E-state index in [4.69, 9.17) is 0 Å². The third-order valence-electron chi connectivity index (χ3n) is 4.94. The Hall–Kier alpha value is -1.95. The first-order valence-corrected chi connectivity index (χ1v) is 7.78. The number of nitrogens with zero attached hydrogens (tertiary/aromatic N) is 3. The number of aromatic nitrogens is 1. The monoisotopic (exact) mass is 302 g/mol. The molecule has 0 radical (unpaired) electrons. The number of carbonyl (C=O) groups is 2. The standard InChI is InChI=1S/C16H22N4O2/c1-19-10-11-20(15(22)13-3-7-17-8-4-13)12-16(19)5-2-14(21)18-9-6-16/h3-4,7-8H,2,5-6,9-12H2,1H3,(H,18,21)/t16-/m0/s1. The Morgan fingerprint density at radius 2 is 2.05 bits per heavy atom. The van der Waals surface area contributed by atoms with E-state index in [2.05, 4.69) is 22.2 Å². The van der Waals surface area contributed by atoms with E-state index in [1.807, 2.05) is 4.90 Å². The Labute approximate surface area is 130 Å². The van der Waals surface area contributed by atoms with Crippen LogP contribution in [0.15, 0.2) is 24.5 Å². The van der Waals surface area contributed by atoms with E-state index < -0.39 is 0 Å². The van der Waals surface area contributed by atoms with E-state index in [0.29, 0.717) is 25.1 Å². The van der Waals surface area contributed by atoms with Gasteiger partial charge in [-0.15, -0.1) is 0 Å². The lowest BCUT2D eigenvalue weighted by molar-refractivity contribution is -0.121. The lowest BCUT2D eigenvalue weighted by Gasteiger charge is -2.49. The van der Waals surface area contributed by atoms with Gasteiger partial charge in [-0.2, -0.15) is 0 Å². The number of pyridine rings is 1. The van der Waals surface area contributed by atoms with Gasteiger partial charge in [0.2, 0.25) is 5.91 Å².